The van der Waals surface area contributed by atoms with Crippen molar-refractivity contribution in [1.82, 2.24) is 15.0 Å². The van der Waals surface area contributed by atoms with Crippen molar-refractivity contribution < 1.29 is 4.42 Å². The van der Waals surface area contributed by atoms with Gasteiger partial charge in [0.1, 0.15) is 11.2 Å². The normalized spacial score (nSPS) is 22.5. The van der Waals surface area contributed by atoms with Crippen LogP contribution in [0.2, 0.25) is 0 Å². The van der Waals surface area contributed by atoms with Crippen LogP contribution in [0.1, 0.15) is 49.7 Å². The highest BCUT2D eigenvalue weighted by Gasteiger charge is 2.51. The molecule has 0 spiro atoms. The van der Waals surface area contributed by atoms with Crippen LogP contribution in [0.5, 0.6) is 0 Å². The number of hydrogen-bond acceptors (Lipinski definition) is 5. The fourth-order valence-corrected chi connectivity index (χ4v) is 9.65. The molecule has 4 aliphatic carbocycles. The SMILES string of the molecule is N#Cc1ccc2oc3ccc(-c4cccc(-c5nc(-c6ccccc6)nc(-c6ccc(C78C[C@H]9C[C@H](C7)C[C@@H](C8)C9)cc6)n5)c4)cc3c2c1. The number of benzene rings is 5. The van der Waals surface area contributed by atoms with Gasteiger partial charge in [-0.15, -0.1) is 0 Å². The van der Waals surface area contributed by atoms with Crippen molar-refractivity contribution in [1.29, 1.82) is 5.26 Å². The minimum atomic E-state index is 0.358. The molecule has 0 amide bonds. The largest absolute Gasteiger partial charge is 0.456 e. The number of nitriles is 1. The lowest BCUT2D eigenvalue weighted by atomic mass is 9.48. The van der Waals surface area contributed by atoms with Crippen LogP contribution in [0.3, 0.4) is 0 Å². The van der Waals surface area contributed by atoms with E-state index in [-0.39, 0.29) is 0 Å². The summed E-state index contributed by atoms with van der Waals surface area (Å²) in [5.41, 5.74) is 9.06. The van der Waals surface area contributed by atoms with Crippen molar-refractivity contribution in [3.05, 3.63) is 126 Å². The zero-order chi connectivity index (χ0) is 32.5. The van der Waals surface area contributed by atoms with Gasteiger partial charge in [-0.3, -0.25) is 0 Å². The Balaban J connectivity index is 1.04. The third kappa shape index (κ3) is 4.85. The summed E-state index contributed by atoms with van der Waals surface area (Å²) in [6, 6.07) is 41.8. The molecule has 0 atom stereocenters. The summed E-state index contributed by atoms with van der Waals surface area (Å²) in [5, 5.41) is 11.4. The lowest BCUT2D eigenvalue weighted by molar-refractivity contribution is -0.00518. The summed E-state index contributed by atoms with van der Waals surface area (Å²) in [7, 11) is 0. The average Bonchev–Trinajstić information content (AvgIpc) is 3.52. The number of nitrogens with zero attached hydrogens (tertiary/aromatic N) is 4. The maximum atomic E-state index is 9.47. The Morgan fingerprint density at radius 2 is 1.06 bits per heavy atom. The number of fused-ring (bicyclic) bond motifs is 3. The van der Waals surface area contributed by atoms with E-state index >= 15 is 0 Å². The van der Waals surface area contributed by atoms with Gasteiger partial charge in [0.2, 0.25) is 0 Å². The Kier molecular flexibility index (Phi) is 6.36. The van der Waals surface area contributed by atoms with Gasteiger partial charge in [0.05, 0.1) is 11.6 Å². The molecule has 0 N–H and O–H groups in total. The van der Waals surface area contributed by atoms with Gasteiger partial charge < -0.3 is 4.42 Å². The maximum Gasteiger partial charge on any atom is 0.164 e. The smallest absolute Gasteiger partial charge is 0.164 e. The van der Waals surface area contributed by atoms with Crippen LogP contribution >= 0.6 is 0 Å². The van der Waals surface area contributed by atoms with Crippen molar-refractivity contribution in [2.24, 2.45) is 17.8 Å². The second kappa shape index (κ2) is 11.0. The molecule has 4 aliphatic rings. The van der Waals surface area contributed by atoms with Crippen molar-refractivity contribution in [2.45, 2.75) is 43.9 Å². The lowest BCUT2D eigenvalue weighted by Gasteiger charge is -2.57. The summed E-state index contributed by atoms with van der Waals surface area (Å²) in [6.45, 7) is 0. The molecule has 5 nitrogen and oxygen atoms in total. The molecule has 0 radical (unpaired) electrons. The third-order valence-corrected chi connectivity index (χ3v) is 11.5. The minimum absolute atomic E-state index is 0.358. The van der Waals surface area contributed by atoms with E-state index in [9.17, 15) is 5.26 Å². The first-order chi connectivity index (χ1) is 24.1. The molecule has 0 aliphatic heterocycles. The van der Waals surface area contributed by atoms with E-state index in [2.05, 4.69) is 78.9 Å². The fraction of sp³-hybridized carbons (Fsp3) is 0.227. The first-order valence-electron chi connectivity index (χ1n) is 17.5. The molecule has 11 rings (SSSR count). The van der Waals surface area contributed by atoms with E-state index in [1.165, 1.54) is 44.1 Å². The predicted molar refractivity (Wildman–Crippen MR) is 193 cm³/mol. The molecular weight excluding hydrogens is 601 g/mol. The number of furan rings is 1. The third-order valence-electron chi connectivity index (χ3n) is 11.5. The van der Waals surface area contributed by atoms with Crippen molar-refractivity contribution in [3.63, 3.8) is 0 Å². The summed E-state index contributed by atoms with van der Waals surface area (Å²) >= 11 is 0. The van der Waals surface area contributed by atoms with Crippen LogP contribution in [0.25, 0.3) is 67.2 Å². The molecular formula is C44H34N4O. The second-order valence-electron chi connectivity index (χ2n) is 14.7. The number of aromatic nitrogens is 3. The molecule has 4 bridgehead atoms. The van der Waals surface area contributed by atoms with Crippen LogP contribution < -0.4 is 0 Å². The van der Waals surface area contributed by atoms with Crippen molar-refractivity contribution >= 4 is 21.9 Å². The number of rotatable bonds is 5. The van der Waals surface area contributed by atoms with Gasteiger partial charge in [-0.1, -0.05) is 78.9 Å². The van der Waals surface area contributed by atoms with E-state index < -0.39 is 0 Å². The Bertz CT molecular complexity index is 2400. The first-order valence-corrected chi connectivity index (χ1v) is 17.5. The first kappa shape index (κ1) is 28.4. The van der Waals surface area contributed by atoms with E-state index in [4.69, 9.17) is 19.4 Å². The molecule has 5 aromatic carbocycles. The highest BCUT2D eigenvalue weighted by molar-refractivity contribution is 6.06. The maximum absolute atomic E-state index is 9.47. The van der Waals surface area contributed by atoms with Crippen LogP contribution in [0, 0.1) is 29.1 Å². The molecule has 49 heavy (non-hydrogen) atoms. The molecule has 0 unspecified atom stereocenters. The minimum Gasteiger partial charge on any atom is -0.456 e. The van der Waals surface area contributed by atoms with Crippen LogP contribution in [-0.2, 0) is 5.41 Å². The van der Waals surface area contributed by atoms with Crippen molar-refractivity contribution in [2.75, 3.05) is 0 Å². The highest BCUT2D eigenvalue weighted by atomic mass is 16.3. The van der Waals surface area contributed by atoms with Crippen LogP contribution in [0.15, 0.2) is 120 Å². The van der Waals surface area contributed by atoms with E-state index in [0.717, 1.165) is 67.5 Å². The van der Waals surface area contributed by atoms with Gasteiger partial charge in [0.25, 0.3) is 0 Å². The molecule has 5 heteroatoms. The standard InChI is InChI=1S/C44H34N4O/c45-26-27-9-15-39-37(20-27)38-22-34(12-16-40(38)49-39)33-7-4-8-35(21-33)43-47-41(31-5-2-1-3-6-31)46-42(48-43)32-10-13-36(14-11-32)44-23-28-17-29(24-44)19-30(18-28)25-44/h1-16,20-22,28-30H,17-19,23-25H2/t28-,29-,30-,44?. The Labute approximate surface area is 285 Å². The average molecular weight is 635 g/mol. The zero-order valence-electron chi connectivity index (χ0n) is 27.1. The summed E-state index contributed by atoms with van der Waals surface area (Å²) < 4.78 is 6.08. The Morgan fingerprint density at radius 3 is 1.73 bits per heavy atom. The van der Waals surface area contributed by atoms with Crippen LogP contribution in [0.4, 0.5) is 0 Å². The van der Waals surface area contributed by atoms with Crippen LogP contribution in [-0.4, -0.2) is 15.0 Å². The predicted octanol–water partition coefficient (Wildman–Crippen LogP) is 10.8. The zero-order valence-corrected chi connectivity index (χ0v) is 27.1. The summed E-state index contributed by atoms with van der Waals surface area (Å²) in [6.07, 6.45) is 8.42. The quantitative estimate of drug-likeness (QED) is 0.188. The fourth-order valence-electron chi connectivity index (χ4n) is 9.65. The topological polar surface area (TPSA) is 75.6 Å². The monoisotopic (exact) mass is 634 g/mol. The highest BCUT2D eigenvalue weighted by Crippen LogP contribution is 2.60. The van der Waals surface area contributed by atoms with Gasteiger partial charge in [-0.05, 0) is 115 Å². The molecule has 236 valence electrons. The van der Waals surface area contributed by atoms with Gasteiger partial charge in [0.15, 0.2) is 17.5 Å². The molecule has 0 saturated heterocycles. The molecule has 4 saturated carbocycles. The van der Waals surface area contributed by atoms with Crippen molar-refractivity contribution in [3.8, 4) is 51.4 Å². The summed E-state index contributed by atoms with van der Waals surface area (Å²) in [4.78, 5) is 15.1. The Hall–Kier alpha value is -5.60. The van der Waals surface area contributed by atoms with Gasteiger partial charge in [0, 0.05) is 27.5 Å². The van der Waals surface area contributed by atoms with Gasteiger partial charge in [-0.25, -0.2) is 15.0 Å². The molecule has 4 fully saturated rings. The van der Waals surface area contributed by atoms with Gasteiger partial charge in [-0.2, -0.15) is 5.26 Å². The summed E-state index contributed by atoms with van der Waals surface area (Å²) in [5.74, 6) is 4.74. The van der Waals surface area contributed by atoms with E-state index in [1.807, 2.05) is 36.4 Å². The molecule has 2 heterocycles. The van der Waals surface area contributed by atoms with Gasteiger partial charge >= 0.3 is 0 Å². The van der Waals surface area contributed by atoms with E-state index in [1.54, 1.807) is 6.07 Å². The lowest BCUT2D eigenvalue weighted by Crippen LogP contribution is -2.48. The Morgan fingerprint density at radius 1 is 0.531 bits per heavy atom. The molecule has 2 aromatic heterocycles. The number of hydrogen-bond donors (Lipinski definition) is 0. The van der Waals surface area contributed by atoms with E-state index in [0.29, 0.717) is 28.5 Å². The molecule has 7 aromatic rings. The second-order valence-corrected chi connectivity index (χ2v) is 14.7.